The molecule has 0 aromatic heterocycles. The van der Waals surface area contributed by atoms with Gasteiger partial charge in [0.15, 0.2) is 0 Å². The van der Waals surface area contributed by atoms with Gasteiger partial charge in [0.1, 0.15) is 18.0 Å². The molecule has 0 saturated carbocycles. The lowest BCUT2D eigenvalue weighted by atomic mass is 10.1. The molecular formula is C15H21FN2O4. The van der Waals surface area contributed by atoms with Gasteiger partial charge in [-0.1, -0.05) is 0 Å². The van der Waals surface area contributed by atoms with Crippen molar-refractivity contribution in [3.8, 4) is 0 Å². The summed E-state index contributed by atoms with van der Waals surface area (Å²) in [7, 11) is 1.21. The molecular weight excluding hydrogens is 291 g/mol. The predicted octanol–water partition coefficient (Wildman–Crippen LogP) is 2.32. The van der Waals surface area contributed by atoms with E-state index in [1.54, 1.807) is 20.8 Å². The lowest BCUT2D eigenvalue weighted by Gasteiger charge is -2.27. The number of nitrogen functional groups attached to an aromatic ring is 1. The Morgan fingerprint density at radius 2 is 1.95 bits per heavy atom. The van der Waals surface area contributed by atoms with Crippen molar-refractivity contribution in [1.82, 2.24) is 4.90 Å². The highest BCUT2D eigenvalue weighted by Gasteiger charge is 2.25. The predicted molar refractivity (Wildman–Crippen MR) is 79.5 cm³/mol. The Hall–Kier alpha value is -2.31. The summed E-state index contributed by atoms with van der Waals surface area (Å²) in [5, 5.41) is 0. The molecule has 1 rings (SSSR count). The quantitative estimate of drug-likeness (QED) is 0.681. The molecule has 0 bridgehead atoms. The van der Waals surface area contributed by atoms with Crippen molar-refractivity contribution in [3.05, 3.63) is 29.6 Å². The number of nitrogens with zero attached hydrogens (tertiary/aromatic N) is 1. The first-order valence-electron chi connectivity index (χ1n) is 6.71. The van der Waals surface area contributed by atoms with Gasteiger partial charge in [-0.25, -0.2) is 9.18 Å². The smallest absolute Gasteiger partial charge is 0.411 e. The number of anilines is 1. The van der Waals surface area contributed by atoms with E-state index in [4.69, 9.17) is 10.5 Å². The Bertz CT molecular complexity index is 555. The molecule has 0 fully saturated rings. The zero-order valence-electron chi connectivity index (χ0n) is 13.2. The minimum absolute atomic E-state index is 0.0619. The van der Waals surface area contributed by atoms with Gasteiger partial charge in [-0.3, -0.25) is 9.69 Å². The van der Waals surface area contributed by atoms with Gasteiger partial charge in [0.25, 0.3) is 0 Å². The van der Waals surface area contributed by atoms with E-state index < -0.39 is 23.5 Å². The summed E-state index contributed by atoms with van der Waals surface area (Å²) >= 11 is 0. The fourth-order valence-electron chi connectivity index (χ4n) is 1.65. The van der Waals surface area contributed by atoms with Crippen LogP contribution in [0.3, 0.4) is 0 Å². The van der Waals surface area contributed by atoms with Crippen molar-refractivity contribution < 1.29 is 23.5 Å². The van der Waals surface area contributed by atoms with Gasteiger partial charge in [0.05, 0.1) is 13.7 Å². The number of esters is 1. The minimum Gasteiger partial charge on any atom is -0.468 e. The average molecular weight is 312 g/mol. The van der Waals surface area contributed by atoms with Crippen LogP contribution in [-0.2, 0) is 20.8 Å². The first-order chi connectivity index (χ1) is 10.1. The van der Waals surface area contributed by atoms with Crippen molar-refractivity contribution in [2.24, 2.45) is 0 Å². The monoisotopic (exact) mass is 312 g/mol. The highest BCUT2D eigenvalue weighted by Crippen LogP contribution is 2.18. The molecule has 0 aliphatic carbocycles. The van der Waals surface area contributed by atoms with Crippen molar-refractivity contribution >= 4 is 17.7 Å². The third-order valence-corrected chi connectivity index (χ3v) is 2.67. The van der Waals surface area contributed by atoms with Crippen LogP contribution in [-0.4, -0.2) is 36.2 Å². The number of hydrogen-bond donors (Lipinski definition) is 1. The van der Waals surface area contributed by atoms with Crippen LogP contribution in [0.4, 0.5) is 14.9 Å². The van der Waals surface area contributed by atoms with Gasteiger partial charge in [-0.15, -0.1) is 0 Å². The van der Waals surface area contributed by atoms with Crippen LogP contribution >= 0.6 is 0 Å². The lowest BCUT2D eigenvalue weighted by Crippen LogP contribution is -2.39. The Kier molecular flexibility index (Phi) is 5.73. The summed E-state index contributed by atoms with van der Waals surface area (Å²) in [5.41, 5.74) is 5.75. The molecule has 6 nitrogen and oxygen atoms in total. The highest BCUT2D eigenvalue weighted by molar-refractivity contribution is 5.78. The Labute approximate surface area is 129 Å². The normalized spacial score (nSPS) is 11.0. The molecule has 0 aliphatic heterocycles. The van der Waals surface area contributed by atoms with E-state index in [1.165, 1.54) is 25.3 Å². The average Bonchev–Trinajstić information content (AvgIpc) is 2.39. The van der Waals surface area contributed by atoms with Crippen molar-refractivity contribution in [2.75, 3.05) is 19.4 Å². The maximum absolute atomic E-state index is 13.3. The molecule has 122 valence electrons. The van der Waals surface area contributed by atoms with Crippen LogP contribution in [0.1, 0.15) is 26.3 Å². The fraction of sp³-hybridized carbons (Fsp3) is 0.467. The van der Waals surface area contributed by atoms with E-state index >= 15 is 0 Å². The molecule has 0 heterocycles. The zero-order chi connectivity index (χ0) is 16.9. The first-order valence-corrected chi connectivity index (χ1v) is 6.71. The molecule has 1 aromatic rings. The van der Waals surface area contributed by atoms with E-state index in [1.807, 2.05) is 0 Å². The lowest BCUT2D eigenvalue weighted by molar-refractivity contribution is -0.142. The van der Waals surface area contributed by atoms with Gasteiger partial charge in [-0.2, -0.15) is 0 Å². The van der Waals surface area contributed by atoms with Crippen LogP contribution in [0.5, 0.6) is 0 Å². The second kappa shape index (κ2) is 7.11. The van der Waals surface area contributed by atoms with E-state index in [0.717, 1.165) is 4.90 Å². The summed E-state index contributed by atoms with van der Waals surface area (Å²) in [6.07, 6.45) is -0.707. The van der Waals surface area contributed by atoms with Crippen LogP contribution in [0.25, 0.3) is 0 Å². The maximum Gasteiger partial charge on any atom is 0.411 e. The van der Waals surface area contributed by atoms with Gasteiger partial charge >= 0.3 is 12.1 Å². The summed E-state index contributed by atoms with van der Waals surface area (Å²) in [4.78, 5) is 24.7. The molecule has 22 heavy (non-hydrogen) atoms. The molecule has 0 aliphatic rings. The number of nitrogens with two attached hydrogens (primary N) is 1. The maximum atomic E-state index is 13.3. The fourth-order valence-corrected chi connectivity index (χ4v) is 1.65. The van der Waals surface area contributed by atoms with Crippen LogP contribution < -0.4 is 5.73 Å². The topological polar surface area (TPSA) is 81.9 Å². The zero-order valence-corrected chi connectivity index (χ0v) is 13.2. The number of hydrogen-bond acceptors (Lipinski definition) is 5. The Morgan fingerprint density at radius 1 is 1.32 bits per heavy atom. The summed E-state index contributed by atoms with van der Waals surface area (Å²) in [6, 6.07) is 3.83. The van der Waals surface area contributed by atoms with E-state index in [9.17, 15) is 14.0 Å². The van der Waals surface area contributed by atoms with E-state index in [-0.39, 0.29) is 13.1 Å². The Balaban J connectivity index is 2.97. The van der Waals surface area contributed by atoms with E-state index in [0.29, 0.717) is 11.3 Å². The van der Waals surface area contributed by atoms with Gasteiger partial charge in [0, 0.05) is 5.69 Å². The Morgan fingerprint density at radius 3 is 2.50 bits per heavy atom. The van der Waals surface area contributed by atoms with Crippen molar-refractivity contribution in [2.45, 2.75) is 32.9 Å². The van der Waals surface area contributed by atoms with Gasteiger partial charge in [-0.05, 0) is 44.5 Å². The molecule has 1 aromatic carbocycles. The third-order valence-electron chi connectivity index (χ3n) is 2.67. The largest absolute Gasteiger partial charge is 0.468 e. The number of amides is 1. The summed E-state index contributed by atoms with van der Waals surface area (Å²) < 4.78 is 23.1. The summed E-state index contributed by atoms with van der Waals surface area (Å²) in [5.74, 6) is -1.09. The molecule has 0 unspecified atom stereocenters. The number of carbonyl (C=O) groups is 2. The molecule has 0 atom stereocenters. The summed E-state index contributed by atoms with van der Waals surface area (Å²) in [6.45, 7) is 4.74. The number of methoxy groups -OCH3 is 1. The molecule has 7 heteroatoms. The second-order valence-corrected chi connectivity index (χ2v) is 5.76. The third kappa shape index (κ3) is 5.59. The minimum atomic E-state index is -0.723. The van der Waals surface area contributed by atoms with Crippen LogP contribution in [0, 0.1) is 5.82 Å². The molecule has 0 saturated heterocycles. The SMILES string of the molecule is COC(=O)CN(Cc1cc(F)ccc1N)C(=O)OC(C)(C)C. The van der Waals surface area contributed by atoms with Crippen LogP contribution in [0.15, 0.2) is 18.2 Å². The van der Waals surface area contributed by atoms with E-state index in [2.05, 4.69) is 4.74 Å². The number of benzene rings is 1. The van der Waals surface area contributed by atoms with Gasteiger partial charge in [0.2, 0.25) is 0 Å². The molecule has 0 spiro atoms. The van der Waals surface area contributed by atoms with Gasteiger partial charge < -0.3 is 15.2 Å². The first kappa shape index (κ1) is 17.7. The molecule has 2 N–H and O–H groups in total. The molecule has 1 amide bonds. The molecule has 0 radical (unpaired) electrons. The number of carbonyl (C=O) groups excluding carboxylic acids is 2. The number of halogens is 1. The van der Waals surface area contributed by atoms with Crippen molar-refractivity contribution in [3.63, 3.8) is 0 Å². The van der Waals surface area contributed by atoms with Crippen LogP contribution in [0.2, 0.25) is 0 Å². The standard InChI is InChI=1S/C15H21FN2O4/c1-15(2,3)22-14(20)18(9-13(19)21-4)8-10-7-11(16)5-6-12(10)17/h5-7H,8-9,17H2,1-4H3. The highest BCUT2D eigenvalue weighted by atomic mass is 19.1. The number of rotatable bonds is 4. The van der Waals surface area contributed by atoms with Crippen molar-refractivity contribution in [1.29, 1.82) is 0 Å². The second-order valence-electron chi connectivity index (χ2n) is 5.76. The number of ether oxygens (including phenoxy) is 2.